The van der Waals surface area contributed by atoms with E-state index in [9.17, 15) is 4.79 Å². The topological polar surface area (TPSA) is 42.7 Å². The molecule has 1 aliphatic rings. The van der Waals surface area contributed by atoms with Crippen LogP contribution in [0.25, 0.3) is 11.0 Å². The Hall–Kier alpha value is -1.81. The molecule has 0 bridgehead atoms. The van der Waals surface area contributed by atoms with Gasteiger partial charge in [-0.05, 0) is 45.5 Å². The van der Waals surface area contributed by atoms with Gasteiger partial charge < -0.3 is 14.1 Å². The third-order valence-electron chi connectivity index (χ3n) is 4.32. The molecule has 4 nitrogen and oxygen atoms in total. The molecule has 1 aromatic heterocycles. The first-order valence-corrected chi connectivity index (χ1v) is 7.98. The monoisotopic (exact) mass is 301 g/mol. The summed E-state index contributed by atoms with van der Waals surface area (Å²) in [5.41, 5.74) is 0.725. The lowest BCUT2D eigenvalue weighted by Crippen LogP contribution is -2.36. The first-order valence-electron chi connectivity index (χ1n) is 7.98. The minimum atomic E-state index is -0.341. The number of hydrogen-bond donors (Lipinski definition) is 0. The molecule has 4 heteroatoms. The van der Waals surface area contributed by atoms with Gasteiger partial charge in [0.05, 0.1) is 0 Å². The summed E-state index contributed by atoms with van der Waals surface area (Å²) in [4.78, 5) is 14.5. The summed E-state index contributed by atoms with van der Waals surface area (Å²) in [6.07, 6.45) is 4.41. The average molecular weight is 301 g/mol. The van der Waals surface area contributed by atoms with Crippen molar-refractivity contribution in [1.29, 1.82) is 0 Å². The van der Waals surface area contributed by atoms with Crippen LogP contribution in [0, 0.1) is 5.92 Å². The maximum Gasteiger partial charge on any atom is 0.374 e. The Balaban J connectivity index is 1.71. The van der Waals surface area contributed by atoms with Crippen LogP contribution in [0.2, 0.25) is 0 Å². The van der Waals surface area contributed by atoms with Gasteiger partial charge in [-0.3, -0.25) is 0 Å². The summed E-state index contributed by atoms with van der Waals surface area (Å²) in [6, 6.07) is 9.39. The fourth-order valence-electron chi connectivity index (χ4n) is 3.28. The van der Waals surface area contributed by atoms with E-state index in [1.807, 2.05) is 24.3 Å². The van der Waals surface area contributed by atoms with E-state index in [1.165, 1.54) is 6.42 Å². The summed E-state index contributed by atoms with van der Waals surface area (Å²) in [7, 11) is 4.12. The highest BCUT2D eigenvalue weighted by molar-refractivity contribution is 5.92. The fraction of sp³-hybridized carbons (Fsp3) is 0.500. The van der Waals surface area contributed by atoms with Gasteiger partial charge in [-0.1, -0.05) is 24.6 Å². The molecule has 2 aromatic rings. The van der Waals surface area contributed by atoms with Crippen LogP contribution in [-0.4, -0.2) is 37.6 Å². The highest BCUT2D eigenvalue weighted by Gasteiger charge is 2.29. The second-order valence-electron chi connectivity index (χ2n) is 6.40. The molecule has 1 heterocycles. The number of rotatable bonds is 4. The Labute approximate surface area is 131 Å². The molecule has 0 aliphatic heterocycles. The number of nitrogens with zero attached hydrogens (tertiary/aromatic N) is 1. The van der Waals surface area contributed by atoms with Gasteiger partial charge in [0.25, 0.3) is 0 Å². The lowest BCUT2D eigenvalue weighted by Gasteiger charge is -2.32. The van der Waals surface area contributed by atoms with Crippen molar-refractivity contribution in [2.45, 2.75) is 31.8 Å². The van der Waals surface area contributed by atoms with Crippen LogP contribution in [0.3, 0.4) is 0 Å². The van der Waals surface area contributed by atoms with Crippen molar-refractivity contribution in [2.75, 3.05) is 20.6 Å². The minimum Gasteiger partial charge on any atom is -0.456 e. The molecular weight excluding hydrogens is 278 g/mol. The number of fused-ring (bicyclic) bond motifs is 1. The van der Waals surface area contributed by atoms with E-state index in [2.05, 4.69) is 19.0 Å². The van der Waals surface area contributed by atoms with Crippen molar-refractivity contribution in [3.63, 3.8) is 0 Å². The van der Waals surface area contributed by atoms with Crippen LogP contribution < -0.4 is 0 Å². The zero-order chi connectivity index (χ0) is 15.5. The Bertz CT molecular complexity index is 614. The molecule has 22 heavy (non-hydrogen) atoms. The molecule has 1 fully saturated rings. The van der Waals surface area contributed by atoms with Crippen LogP contribution in [-0.2, 0) is 4.74 Å². The molecule has 1 aliphatic carbocycles. The number of hydrogen-bond acceptors (Lipinski definition) is 4. The van der Waals surface area contributed by atoms with Gasteiger partial charge in [0.15, 0.2) is 0 Å². The molecule has 2 atom stereocenters. The molecule has 3 rings (SSSR count). The van der Waals surface area contributed by atoms with E-state index in [0.29, 0.717) is 11.7 Å². The van der Waals surface area contributed by atoms with E-state index < -0.39 is 0 Å². The maximum atomic E-state index is 12.4. The molecule has 0 N–H and O–H groups in total. The first-order chi connectivity index (χ1) is 10.6. The fourth-order valence-corrected chi connectivity index (χ4v) is 3.28. The molecule has 0 saturated heterocycles. The Kier molecular flexibility index (Phi) is 4.48. The van der Waals surface area contributed by atoms with Crippen LogP contribution in [0.5, 0.6) is 0 Å². The summed E-state index contributed by atoms with van der Waals surface area (Å²) in [5, 5.41) is 0.933. The van der Waals surface area contributed by atoms with Crippen molar-refractivity contribution < 1.29 is 13.9 Å². The lowest BCUT2D eigenvalue weighted by molar-refractivity contribution is -0.00587. The number of esters is 1. The van der Waals surface area contributed by atoms with Crippen molar-refractivity contribution >= 4 is 16.9 Å². The molecule has 1 aromatic carbocycles. The Morgan fingerprint density at radius 1 is 1.27 bits per heavy atom. The second-order valence-corrected chi connectivity index (χ2v) is 6.40. The maximum absolute atomic E-state index is 12.4. The third-order valence-corrected chi connectivity index (χ3v) is 4.32. The highest BCUT2D eigenvalue weighted by atomic mass is 16.6. The van der Waals surface area contributed by atoms with Gasteiger partial charge in [0.1, 0.15) is 11.7 Å². The van der Waals surface area contributed by atoms with E-state index >= 15 is 0 Å². The van der Waals surface area contributed by atoms with Crippen molar-refractivity contribution in [3.05, 3.63) is 36.1 Å². The van der Waals surface area contributed by atoms with E-state index in [-0.39, 0.29) is 12.1 Å². The summed E-state index contributed by atoms with van der Waals surface area (Å²) < 4.78 is 11.4. The van der Waals surface area contributed by atoms with Crippen molar-refractivity contribution in [3.8, 4) is 0 Å². The van der Waals surface area contributed by atoms with Crippen LogP contribution >= 0.6 is 0 Å². The number of benzene rings is 1. The summed E-state index contributed by atoms with van der Waals surface area (Å²) in [5.74, 6) is 0.374. The zero-order valence-corrected chi connectivity index (χ0v) is 13.2. The lowest BCUT2D eigenvalue weighted by atomic mass is 9.86. The molecule has 0 radical (unpaired) electrons. The number of ether oxygens (including phenoxy) is 1. The molecule has 118 valence electrons. The van der Waals surface area contributed by atoms with Gasteiger partial charge >= 0.3 is 5.97 Å². The van der Waals surface area contributed by atoms with Crippen molar-refractivity contribution in [2.24, 2.45) is 5.92 Å². The number of furan rings is 1. The van der Waals surface area contributed by atoms with Gasteiger partial charge in [0, 0.05) is 17.8 Å². The summed E-state index contributed by atoms with van der Waals surface area (Å²) >= 11 is 0. The zero-order valence-electron chi connectivity index (χ0n) is 13.2. The molecule has 0 unspecified atom stereocenters. The van der Waals surface area contributed by atoms with Gasteiger partial charge in [-0.25, -0.2) is 4.79 Å². The van der Waals surface area contributed by atoms with Gasteiger partial charge in [0.2, 0.25) is 5.76 Å². The predicted octanol–water partition coefficient (Wildman–Crippen LogP) is 3.71. The largest absolute Gasteiger partial charge is 0.456 e. The minimum absolute atomic E-state index is 0.00291. The average Bonchev–Trinajstić information content (AvgIpc) is 2.93. The van der Waals surface area contributed by atoms with Gasteiger partial charge in [-0.15, -0.1) is 0 Å². The second kappa shape index (κ2) is 6.53. The molecule has 0 spiro atoms. The van der Waals surface area contributed by atoms with Crippen molar-refractivity contribution in [1.82, 2.24) is 4.90 Å². The van der Waals surface area contributed by atoms with E-state index in [1.54, 1.807) is 6.07 Å². The Morgan fingerprint density at radius 2 is 2.05 bits per heavy atom. The molecule has 1 saturated carbocycles. The SMILES string of the molecule is CN(C)C[C@H]1CCCC[C@H]1OC(=O)c1cc2ccccc2o1. The molecular formula is C18H23NO3. The standard InChI is InChI=1S/C18H23NO3/c1-19(2)12-14-8-4-6-10-16(14)22-18(20)17-11-13-7-3-5-9-15(13)21-17/h3,5,7,9,11,14,16H,4,6,8,10,12H2,1-2H3/t14-,16-/m1/s1. The van der Waals surface area contributed by atoms with Crippen LogP contribution in [0.15, 0.2) is 34.7 Å². The predicted molar refractivity (Wildman–Crippen MR) is 85.9 cm³/mol. The number of carbonyl (C=O) groups is 1. The number of para-hydroxylation sites is 1. The van der Waals surface area contributed by atoms with Gasteiger partial charge in [-0.2, -0.15) is 0 Å². The summed E-state index contributed by atoms with van der Waals surface area (Å²) in [6.45, 7) is 0.956. The smallest absolute Gasteiger partial charge is 0.374 e. The quantitative estimate of drug-likeness (QED) is 0.807. The number of carbonyl (C=O) groups excluding carboxylic acids is 1. The highest BCUT2D eigenvalue weighted by Crippen LogP contribution is 2.29. The normalized spacial score (nSPS) is 22.1. The third kappa shape index (κ3) is 3.33. The Morgan fingerprint density at radius 3 is 2.82 bits per heavy atom. The van der Waals surface area contributed by atoms with E-state index in [4.69, 9.17) is 9.15 Å². The van der Waals surface area contributed by atoms with Crippen LogP contribution in [0.4, 0.5) is 0 Å². The first kappa shape index (κ1) is 15.1. The van der Waals surface area contributed by atoms with E-state index in [0.717, 1.165) is 36.8 Å². The van der Waals surface area contributed by atoms with Crippen LogP contribution in [0.1, 0.15) is 36.2 Å². The molecule has 0 amide bonds.